The molecule has 0 spiro atoms. The Kier molecular flexibility index (Phi) is 4.82. The van der Waals surface area contributed by atoms with Gasteiger partial charge >= 0.3 is 0 Å². The number of aromatic hydroxyl groups is 1. The molecule has 0 bridgehead atoms. The second kappa shape index (κ2) is 6.14. The number of phenols is 1. The number of carbonyl (C=O) groups excluding carboxylic acids is 1. The number of nitro groups is 1. The topological polar surface area (TPSA) is 118 Å². The van der Waals surface area contributed by atoms with Crippen LogP contribution in [0.5, 0.6) is 5.75 Å². The minimum atomic E-state index is -0.665. The van der Waals surface area contributed by atoms with Crippen LogP contribution < -0.4 is 11.1 Å². The minimum Gasteiger partial charge on any atom is -0.508 e. The summed E-state index contributed by atoms with van der Waals surface area (Å²) in [6, 6.07) is 3.55. The predicted octanol–water partition coefficient (Wildman–Crippen LogP) is 1.47. The van der Waals surface area contributed by atoms with Crippen LogP contribution in [0.3, 0.4) is 0 Å². The number of nitrogens with zero attached hydrogens (tertiary/aromatic N) is 1. The summed E-state index contributed by atoms with van der Waals surface area (Å²) in [5.41, 5.74) is 5.21. The van der Waals surface area contributed by atoms with Gasteiger partial charge in [0.1, 0.15) is 11.4 Å². The lowest BCUT2D eigenvalue weighted by atomic mass is 9.95. The molecule has 104 valence electrons. The molecule has 0 saturated carbocycles. The fourth-order valence-corrected chi connectivity index (χ4v) is 1.68. The molecule has 1 amide bonds. The zero-order valence-corrected chi connectivity index (χ0v) is 10.8. The molecule has 0 fully saturated rings. The number of nitrogens with one attached hydrogen (secondary N) is 1. The molecule has 19 heavy (non-hydrogen) atoms. The first-order valence-corrected chi connectivity index (χ1v) is 5.85. The van der Waals surface area contributed by atoms with E-state index in [1.807, 2.05) is 13.8 Å². The Bertz CT molecular complexity index is 488. The molecule has 0 saturated heterocycles. The Morgan fingerprint density at radius 3 is 2.63 bits per heavy atom. The third-order valence-corrected chi connectivity index (χ3v) is 2.83. The van der Waals surface area contributed by atoms with Crippen molar-refractivity contribution in [1.82, 2.24) is 0 Å². The van der Waals surface area contributed by atoms with Gasteiger partial charge in [-0.15, -0.1) is 0 Å². The quantitative estimate of drug-likeness (QED) is 0.424. The van der Waals surface area contributed by atoms with Crippen molar-refractivity contribution in [2.24, 2.45) is 17.6 Å². The highest BCUT2D eigenvalue weighted by molar-refractivity contribution is 5.95. The Labute approximate surface area is 110 Å². The van der Waals surface area contributed by atoms with Crippen LogP contribution >= 0.6 is 0 Å². The number of phenolic OH excluding ortho intramolecular Hbond substituents is 1. The van der Waals surface area contributed by atoms with Gasteiger partial charge < -0.3 is 16.2 Å². The van der Waals surface area contributed by atoms with Crippen molar-refractivity contribution < 1.29 is 14.8 Å². The number of hydrogen-bond donors (Lipinski definition) is 3. The lowest BCUT2D eigenvalue weighted by molar-refractivity contribution is -0.384. The summed E-state index contributed by atoms with van der Waals surface area (Å²) in [5, 5.41) is 22.6. The van der Waals surface area contributed by atoms with Gasteiger partial charge in [0.05, 0.1) is 16.9 Å². The van der Waals surface area contributed by atoms with Crippen LogP contribution in [-0.2, 0) is 4.79 Å². The van der Waals surface area contributed by atoms with E-state index in [4.69, 9.17) is 5.73 Å². The largest absolute Gasteiger partial charge is 0.508 e. The van der Waals surface area contributed by atoms with Crippen LogP contribution in [0.1, 0.15) is 13.8 Å². The number of anilines is 1. The lowest BCUT2D eigenvalue weighted by Crippen LogP contribution is -2.33. The van der Waals surface area contributed by atoms with Gasteiger partial charge in [-0.2, -0.15) is 0 Å². The molecule has 1 aromatic rings. The van der Waals surface area contributed by atoms with Crippen molar-refractivity contribution >= 4 is 17.3 Å². The average molecular weight is 267 g/mol. The molecule has 0 aliphatic heterocycles. The monoisotopic (exact) mass is 267 g/mol. The van der Waals surface area contributed by atoms with Crippen molar-refractivity contribution in [2.45, 2.75) is 13.8 Å². The number of hydrogen-bond acceptors (Lipinski definition) is 5. The van der Waals surface area contributed by atoms with E-state index < -0.39 is 10.8 Å². The zero-order chi connectivity index (χ0) is 14.6. The van der Waals surface area contributed by atoms with Gasteiger partial charge in [0.25, 0.3) is 5.69 Å². The predicted molar refractivity (Wildman–Crippen MR) is 70.8 cm³/mol. The minimum absolute atomic E-state index is 0.0289. The van der Waals surface area contributed by atoms with Gasteiger partial charge in [0, 0.05) is 6.54 Å². The second-order valence-corrected chi connectivity index (χ2v) is 4.53. The number of rotatable bonds is 5. The number of benzene rings is 1. The van der Waals surface area contributed by atoms with Crippen LogP contribution in [0.25, 0.3) is 0 Å². The lowest BCUT2D eigenvalue weighted by Gasteiger charge is -2.18. The van der Waals surface area contributed by atoms with E-state index in [2.05, 4.69) is 5.32 Å². The van der Waals surface area contributed by atoms with Crippen LogP contribution in [0.15, 0.2) is 18.2 Å². The zero-order valence-electron chi connectivity index (χ0n) is 10.8. The van der Waals surface area contributed by atoms with Crippen molar-refractivity contribution in [2.75, 3.05) is 11.9 Å². The second-order valence-electron chi connectivity index (χ2n) is 4.53. The first kappa shape index (κ1) is 14.9. The van der Waals surface area contributed by atoms with E-state index in [1.54, 1.807) is 0 Å². The highest BCUT2D eigenvalue weighted by Crippen LogP contribution is 2.29. The summed E-state index contributed by atoms with van der Waals surface area (Å²) in [6.45, 7) is 3.86. The molecule has 7 nitrogen and oxygen atoms in total. The first-order chi connectivity index (χ1) is 8.86. The van der Waals surface area contributed by atoms with E-state index in [0.717, 1.165) is 6.07 Å². The van der Waals surface area contributed by atoms with Gasteiger partial charge in [0.15, 0.2) is 0 Å². The van der Waals surface area contributed by atoms with E-state index in [0.29, 0.717) is 0 Å². The Balaban J connectivity index is 2.99. The summed E-state index contributed by atoms with van der Waals surface area (Å²) < 4.78 is 0. The van der Waals surface area contributed by atoms with Gasteiger partial charge in [-0.05, 0) is 18.1 Å². The van der Waals surface area contributed by atoms with Gasteiger partial charge in [-0.1, -0.05) is 13.8 Å². The molecule has 1 rings (SSSR count). The van der Waals surface area contributed by atoms with E-state index in [-0.39, 0.29) is 35.5 Å². The first-order valence-electron chi connectivity index (χ1n) is 5.85. The number of nitrogens with two attached hydrogens (primary N) is 1. The average Bonchev–Trinajstić information content (AvgIpc) is 2.31. The third kappa shape index (κ3) is 3.65. The number of carbonyl (C=O) groups is 1. The van der Waals surface area contributed by atoms with Crippen molar-refractivity contribution in [3.05, 3.63) is 28.3 Å². The maximum Gasteiger partial charge on any atom is 0.296 e. The standard InChI is InChI=1S/C12H17N3O4/c1-7(2)9(6-13)12(17)14-10-4-3-8(16)5-11(10)15(18)19/h3-5,7,9,16H,6,13H2,1-2H3,(H,14,17). The van der Waals surface area contributed by atoms with Gasteiger partial charge in [0.2, 0.25) is 5.91 Å². The maximum absolute atomic E-state index is 12.0. The molecule has 7 heteroatoms. The third-order valence-electron chi connectivity index (χ3n) is 2.83. The maximum atomic E-state index is 12.0. The SMILES string of the molecule is CC(C)C(CN)C(=O)Nc1ccc(O)cc1[N+](=O)[O-]. The smallest absolute Gasteiger partial charge is 0.296 e. The Morgan fingerprint density at radius 1 is 1.53 bits per heavy atom. The molecule has 0 aliphatic carbocycles. The Hall–Kier alpha value is -2.15. The highest BCUT2D eigenvalue weighted by Gasteiger charge is 2.23. The molecule has 1 aromatic carbocycles. The molecule has 0 heterocycles. The summed E-state index contributed by atoms with van der Waals surface area (Å²) >= 11 is 0. The van der Waals surface area contributed by atoms with E-state index >= 15 is 0 Å². The van der Waals surface area contributed by atoms with E-state index in [9.17, 15) is 20.0 Å². The van der Waals surface area contributed by atoms with E-state index in [1.165, 1.54) is 12.1 Å². The fraction of sp³-hybridized carbons (Fsp3) is 0.417. The molecular weight excluding hydrogens is 250 g/mol. The molecule has 1 atom stereocenters. The normalized spacial score (nSPS) is 12.2. The fourth-order valence-electron chi connectivity index (χ4n) is 1.68. The van der Waals surface area contributed by atoms with Gasteiger partial charge in [-0.3, -0.25) is 14.9 Å². The summed E-state index contributed by atoms with van der Waals surface area (Å²) in [6.07, 6.45) is 0. The highest BCUT2D eigenvalue weighted by atomic mass is 16.6. The molecule has 0 aliphatic rings. The summed E-state index contributed by atoms with van der Waals surface area (Å²) in [4.78, 5) is 22.2. The molecule has 1 unspecified atom stereocenters. The van der Waals surface area contributed by atoms with Gasteiger partial charge in [-0.25, -0.2) is 0 Å². The van der Waals surface area contributed by atoms with Crippen LogP contribution in [0.2, 0.25) is 0 Å². The summed E-state index contributed by atoms with van der Waals surface area (Å²) in [7, 11) is 0. The van der Waals surface area contributed by atoms with Crippen molar-refractivity contribution in [3.8, 4) is 5.75 Å². The van der Waals surface area contributed by atoms with Crippen LogP contribution in [-0.4, -0.2) is 22.5 Å². The van der Waals surface area contributed by atoms with Crippen LogP contribution in [0.4, 0.5) is 11.4 Å². The van der Waals surface area contributed by atoms with Crippen LogP contribution in [0, 0.1) is 22.0 Å². The Morgan fingerprint density at radius 2 is 2.16 bits per heavy atom. The molecule has 0 aromatic heterocycles. The summed E-state index contributed by atoms with van der Waals surface area (Å²) in [5.74, 6) is -0.996. The molecule has 4 N–H and O–H groups in total. The van der Waals surface area contributed by atoms with Crippen molar-refractivity contribution in [1.29, 1.82) is 0 Å². The molecule has 0 radical (unpaired) electrons. The molecular formula is C12H17N3O4. The van der Waals surface area contributed by atoms with Crippen molar-refractivity contribution in [3.63, 3.8) is 0 Å². The number of nitro benzene ring substituents is 1. The number of amides is 1.